The minimum atomic E-state index is 0.423. The molecule has 0 fully saturated rings. The predicted molar refractivity (Wildman–Crippen MR) is 82.7 cm³/mol. The van der Waals surface area contributed by atoms with E-state index in [0.29, 0.717) is 23.0 Å². The fraction of sp³-hybridized carbons (Fsp3) is 0.133. The monoisotopic (exact) mass is 291 g/mol. The molecule has 0 aliphatic heterocycles. The molecular weight excluding hydrogens is 278 g/mol. The zero-order valence-corrected chi connectivity index (χ0v) is 11.9. The van der Waals surface area contributed by atoms with Crippen molar-refractivity contribution in [3.05, 3.63) is 64.7 Å². The molecule has 4 heteroatoms. The summed E-state index contributed by atoms with van der Waals surface area (Å²) in [6.07, 6.45) is 0.486. The quantitative estimate of drug-likeness (QED) is 0.852. The Hall–Kier alpha value is -1.58. The van der Waals surface area contributed by atoms with E-state index in [-0.39, 0.29) is 0 Å². The van der Waals surface area contributed by atoms with Gasteiger partial charge in [0.05, 0.1) is 4.99 Å². The lowest BCUT2D eigenvalue weighted by Gasteiger charge is -2.11. The second-order valence-corrected chi connectivity index (χ2v) is 5.13. The zero-order chi connectivity index (χ0) is 13.7. The van der Waals surface area contributed by atoms with Gasteiger partial charge < -0.3 is 10.5 Å². The minimum Gasteiger partial charge on any atom is -0.489 e. The summed E-state index contributed by atoms with van der Waals surface area (Å²) < 4.78 is 5.81. The minimum absolute atomic E-state index is 0.423. The maximum Gasteiger partial charge on any atom is 0.123 e. The molecule has 0 aliphatic carbocycles. The van der Waals surface area contributed by atoms with Crippen molar-refractivity contribution >= 4 is 28.8 Å². The molecule has 0 saturated carbocycles. The molecule has 2 rings (SSSR count). The lowest BCUT2D eigenvalue weighted by atomic mass is 10.1. The Bertz CT molecular complexity index is 572. The maximum absolute atomic E-state index is 5.98. The normalized spacial score (nSPS) is 10.2. The van der Waals surface area contributed by atoms with E-state index >= 15 is 0 Å². The molecule has 0 amide bonds. The van der Waals surface area contributed by atoms with Crippen molar-refractivity contribution in [1.29, 1.82) is 0 Å². The highest BCUT2D eigenvalue weighted by Gasteiger charge is 2.06. The van der Waals surface area contributed by atoms with Gasteiger partial charge in [0.15, 0.2) is 0 Å². The van der Waals surface area contributed by atoms with Crippen LogP contribution in [0.4, 0.5) is 0 Å². The Kier molecular flexibility index (Phi) is 4.77. The highest BCUT2D eigenvalue weighted by molar-refractivity contribution is 7.80. The van der Waals surface area contributed by atoms with Crippen LogP contribution in [0.2, 0.25) is 5.02 Å². The third kappa shape index (κ3) is 4.23. The summed E-state index contributed by atoms with van der Waals surface area (Å²) >= 11 is 10.9. The Morgan fingerprint density at radius 3 is 2.58 bits per heavy atom. The summed E-state index contributed by atoms with van der Waals surface area (Å²) in [4.78, 5) is 0.423. The Morgan fingerprint density at radius 1 is 1.16 bits per heavy atom. The van der Waals surface area contributed by atoms with E-state index < -0.39 is 0 Å². The molecule has 0 heterocycles. The first-order valence-electron chi connectivity index (χ1n) is 5.88. The third-order valence-electron chi connectivity index (χ3n) is 2.62. The molecule has 0 unspecified atom stereocenters. The summed E-state index contributed by atoms with van der Waals surface area (Å²) in [6.45, 7) is 0.507. The largest absolute Gasteiger partial charge is 0.489 e. The van der Waals surface area contributed by atoms with Crippen molar-refractivity contribution in [2.45, 2.75) is 13.0 Å². The van der Waals surface area contributed by atoms with Crippen LogP contribution >= 0.6 is 23.8 Å². The standard InChI is InChI=1S/C15H14ClNOS/c16-13-6-7-14(12(8-13)9-15(17)19)18-10-11-4-2-1-3-5-11/h1-8H,9-10H2,(H2,17,19). The molecule has 0 radical (unpaired) electrons. The highest BCUT2D eigenvalue weighted by atomic mass is 35.5. The molecule has 2 aromatic carbocycles. The van der Waals surface area contributed by atoms with Gasteiger partial charge in [-0.25, -0.2) is 0 Å². The number of benzene rings is 2. The van der Waals surface area contributed by atoms with Crippen LogP contribution in [0, 0.1) is 0 Å². The van der Waals surface area contributed by atoms with Gasteiger partial charge in [-0.3, -0.25) is 0 Å². The summed E-state index contributed by atoms with van der Waals surface area (Å²) in [7, 11) is 0. The van der Waals surface area contributed by atoms with E-state index in [0.717, 1.165) is 16.9 Å². The SMILES string of the molecule is NC(=S)Cc1cc(Cl)ccc1OCc1ccccc1. The van der Waals surface area contributed by atoms with Gasteiger partial charge in [0.2, 0.25) is 0 Å². The topological polar surface area (TPSA) is 35.2 Å². The van der Waals surface area contributed by atoms with Crippen LogP contribution in [0.25, 0.3) is 0 Å². The lowest BCUT2D eigenvalue weighted by molar-refractivity contribution is 0.303. The molecule has 0 saturated heterocycles. The fourth-order valence-corrected chi connectivity index (χ4v) is 2.10. The first-order valence-corrected chi connectivity index (χ1v) is 6.67. The molecule has 98 valence electrons. The van der Waals surface area contributed by atoms with Crippen LogP contribution in [0.3, 0.4) is 0 Å². The third-order valence-corrected chi connectivity index (χ3v) is 3.00. The average Bonchev–Trinajstić information content (AvgIpc) is 2.38. The van der Waals surface area contributed by atoms with Crippen LogP contribution in [-0.2, 0) is 13.0 Å². The number of thiocarbonyl (C=S) groups is 1. The number of hydrogen-bond acceptors (Lipinski definition) is 2. The van der Waals surface area contributed by atoms with Crippen LogP contribution in [0.5, 0.6) is 5.75 Å². The highest BCUT2D eigenvalue weighted by Crippen LogP contribution is 2.24. The van der Waals surface area contributed by atoms with Gasteiger partial charge in [0.1, 0.15) is 12.4 Å². The van der Waals surface area contributed by atoms with Gasteiger partial charge in [-0.2, -0.15) is 0 Å². The molecule has 0 aliphatic rings. The summed E-state index contributed by atoms with van der Waals surface area (Å²) in [6, 6.07) is 15.5. The molecule has 0 bridgehead atoms. The smallest absolute Gasteiger partial charge is 0.123 e. The first kappa shape index (κ1) is 13.8. The molecule has 2 N–H and O–H groups in total. The van der Waals surface area contributed by atoms with E-state index in [1.165, 1.54) is 0 Å². The number of halogens is 1. The molecule has 0 spiro atoms. The molecule has 2 aromatic rings. The van der Waals surface area contributed by atoms with Crippen LogP contribution in [-0.4, -0.2) is 4.99 Å². The number of ether oxygens (including phenoxy) is 1. The predicted octanol–water partition coefficient (Wildman–Crippen LogP) is 3.75. The first-order chi connectivity index (χ1) is 9.15. The summed E-state index contributed by atoms with van der Waals surface area (Å²) in [5.74, 6) is 0.765. The summed E-state index contributed by atoms with van der Waals surface area (Å²) in [5.41, 5.74) is 7.61. The molecule has 19 heavy (non-hydrogen) atoms. The van der Waals surface area contributed by atoms with Crippen LogP contribution < -0.4 is 10.5 Å². The lowest BCUT2D eigenvalue weighted by Crippen LogP contribution is -2.12. The van der Waals surface area contributed by atoms with Crippen molar-refractivity contribution in [3.63, 3.8) is 0 Å². The van der Waals surface area contributed by atoms with Gasteiger partial charge in [-0.05, 0) is 23.8 Å². The molecule has 0 atom stereocenters. The van der Waals surface area contributed by atoms with E-state index in [1.807, 2.05) is 42.5 Å². The van der Waals surface area contributed by atoms with Crippen molar-refractivity contribution in [3.8, 4) is 5.75 Å². The molecule has 2 nitrogen and oxygen atoms in total. The van der Waals surface area contributed by atoms with Gasteiger partial charge >= 0.3 is 0 Å². The Balaban J connectivity index is 2.13. The maximum atomic E-state index is 5.98. The van der Waals surface area contributed by atoms with E-state index in [2.05, 4.69) is 0 Å². The Labute approximate surface area is 123 Å². The van der Waals surface area contributed by atoms with Gasteiger partial charge in [0, 0.05) is 17.0 Å². The van der Waals surface area contributed by atoms with Crippen LogP contribution in [0.1, 0.15) is 11.1 Å². The number of nitrogens with two attached hydrogens (primary N) is 1. The van der Waals surface area contributed by atoms with Crippen molar-refractivity contribution in [2.75, 3.05) is 0 Å². The molecule has 0 aromatic heterocycles. The summed E-state index contributed by atoms with van der Waals surface area (Å²) in [5, 5.41) is 0.651. The Morgan fingerprint density at radius 2 is 1.89 bits per heavy atom. The van der Waals surface area contributed by atoms with E-state index in [4.69, 9.17) is 34.3 Å². The van der Waals surface area contributed by atoms with E-state index in [9.17, 15) is 0 Å². The van der Waals surface area contributed by atoms with Crippen molar-refractivity contribution in [2.24, 2.45) is 5.73 Å². The van der Waals surface area contributed by atoms with Crippen LogP contribution in [0.15, 0.2) is 48.5 Å². The van der Waals surface area contributed by atoms with Crippen molar-refractivity contribution in [1.82, 2.24) is 0 Å². The molecular formula is C15H14ClNOS. The second kappa shape index (κ2) is 6.55. The number of hydrogen-bond donors (Lipinski definition) is 1. The van der Waals surface area contributed by atoms with Gasteiger partial charge in [0.25, 0.3) is 0 Å². The van der Waals surface area contributed by atoms with E-state index in [1.54, 1.807) is 6.07 Å². The zero-order valence-electron chi connectivity index (χ0n) is 10.3. The van der Waals surface area contributed by atoms with Gasteiger partial charge in [-0.15, -0.1) is 0 Å². The number of rotatable bonds is 5. The fourth-order valence-electron chi connectivity index (χ4n) is 1.75. The van der Waals surface area contributed by atoms with Gasteiger partial charge in [-0.1, -0.05) is 54.2 Å². The second-order valence-electron chi connectivity index (χ2n) is 4.17. The average molecular weight is 292 g/mol. The van der Waals surface area contributed by atoms with Crippen molar-refractivity contribution < 1.29 is 4.74 Å².